The summed E-state index contributed by atoms with van der Waals surface area (Å²) in [5, 5.41) is 7.53. The van der Waals surface area contributed by atoms with Crippen molar-refractivity contribution in [2.24, 2.45) is 22.2 Å². The van der Waals surface area contributed by atoms with Crippen LogP contribution in [0.5, 0.6) is 0 Å². The fourth-order valence-corrected chi connectivity index (χ4v) is 8.02. The lowest BCUT2D eigenvalue weighted by Gasteiger charge is -2.47. The van der Waals surface area contributed by atoms with Crippen molar-refractivity contribution in [3.63, 3.8) is 0 Å². The van der Waals surface area contributed by atoms with Crippen LogP contribution in [0.1, 0.15) is 57.1 Å². The van der Waals surface area contributed by atoms with Crippen LogP contribution in [0, 0.1) is 17.8 Å². The quantitative estimate of drug-likeness (QED) is 0.367. The monoisotopic (exact) mass is 517 g/mol. The van der Waals surface area contributed by atoms with E-state index in [9.17, 15) is 4.21 Å². The van der Waals surface area contributed by atoms with Crippen LogP contribution >= 0.6 is 11.6 Å². The topological polar surface area (TPSA) is 53.5 Å². The fraction of sp³-hybridized carbons (Fsp3) is 0.367. The third kappa shape index (κ3) is 4.59. The molecule has 0 saturated heterocycles. The number of nitrogens with one attached hydrogen (secondary N) is 2. The zero-order valence-electron chi connectivity index (χ0n) is 20.8. The molecule has 0 radical (unpaired) electrons. The molecule has 2 saturated carbocycles. The maximum absolute atomic E-state index is 12.2. The van der Waals surface area contributed by atoms with E-state index in [1.54, 1.807) is 0 Å². The van der Waals surface area contributed by atoms with Gasteiger partial charge in [-0.3, -0.25) is 0 Å². The van der Waals surface area contributed by atoms with Gasteiger partial charge in [0, 0.05) is 16.9 Å². The smallest absolute Gasteiger partial charge is 0.175 e. The molecule has 36 heavy (non-hydrogen) atoms. The summed E-state index contributed by atoms with van der Waals surface area (Å²) in [6, 6.07) is 22.2. The Bertz CT molecular complexity index is 1330. The summed E-state index contributed by atoms with van der Waals surface area (Å²) in [5.41, 5.74) is 5.24. The molecule has 2 bridgehead atoms. The second kappa shape index (κ2) is 9.35. The molecule has 6 heteroatoms. The summed E-state index contributed by atoms with van der Waals surface area (Å²) in [6.45, 7) is 4.86. The van der Waals surface area contributed by atoms with Crippen LogP contribution in [0.15, 0.2) is 76.0 Å². The largest absolute Gasteiger partial charge is 0.354 e. The van der Waals surface area contributed by atoms with E-state index in [1.165, 1.54) is 37.7 Å². The fourth-order valence-electron chi connectivity index (χ4n) is 6.83. The molecule has 1 aliphatic heterocycles. The zero-order valence-corrected chi connectivity index (χ0v) is 22.3. The first-order valence-electron chi connectivity index (χ1n) is 12.9. The van der Waals surface area contributed by atoms with Gasteiger partial charge in [0.05, 0.1) is 15.6 Å². The number of hydrogen-bond donors (Lipinski definition) is 2. The number of anilines is 3. The average molecular weight is 518 g/mol. The standard InChI is InChI=1S/C30H32ClN3OS/c1-19-13-20-15-21(14-19)18-30(2,17-20)22-7-12-27(26(31)16-22)32-23-8-10-24(11-9-23)33-29-25-5-3-4-6-28(25)36(35)34-29/h3-12,16,19-21,32H,13-15,17-18H2,1-2H3,(H,33,34). The van der Waals surface area contributed by atoms with Crippen LogP contribution in [0.2, 0.25) is 5.02 Å². The van der Waals surface area contributed by atoms with Crippen LogP contribution in [0.3, 0.4) is 0 Å². The van der Waals surface area contributed by atoms with Crippen molar-refractivity contribution in [1.82, 2.24) is 0 Å². The molecule has 3 aromatic rings. The SMILES string of the molecule is CC1CC2CC(C1)CC(C)(c1ccc(Nc3ccc(NC4=NS(=O)c5ccccc54)cc3)c(Cl)c1)C2. The Morgan fingerprint density at radius 1 is 0.917 bits per heavy atom. The van der Waals surface area contributed by atoms with Crippen molar-refractivity contribution in [3.8, 4) is 0 Å². The molecule has 0 aromatic heterocycles. The van der Waals surface area contributed by atoms with Crippen LogP contribution < -0.4 is 10.6 Å². The number of nitrogens with zero attached hydrogens (tertiary/aromatic N) is 1. The van der Waals surface area contributed by atoms with Gasteiger partial charge in [0.2, 0.25) is 0 Å². The van der Waals surface area contributed by atoms with Gasteiger partial charge in [0.15, 0.2) is 11.0 Å². The van der Waals surface area contributed by atoms with Gasteiger partial charge < -0.3 is 10.6 Å². The van der Waals surface area contributed by atoms with E-state index in [0.29, 0.717) is 5.84 Å². The summed E-state index contributed by atoms with van der Waals surface area (Å²) < 4.78 is 16.5. The number of benzene rings is 3. The van der Waals surface area contributed by atoms with E-state index in [2.05, 4.69) is 47.1 Å². The van der Waals surface area contributed by atoms with Gasteiger partial charge in [-0.25, -0.2) is 4.21 Å². The first kappa shape index (κ1) is 23.7. The van der Waals surface area contributed by atoms with Gasteiger partial charge in [-0.05, 0) is 109 Å². The van der Waals surface area contributed by atoms with Gasteiger partial charge in [-0.15, -0.1) is 0 Å². The molecule has 3 unspecified atom stereocenters. The second-order valence-corrected chi connectivity index (χ2v) is 12.7. The molecule has 1 heterocycles. The Morgan fingerprint density at radius 2 is 1.58 bits per heavy atom. The van der Waals surface area contributed by atoms with Crippen molar-refractivity contribution < 1.29 is 4.21 Å². The highest BCUT2D eigenvalue weighted by Gasteiger charge is 2.41. The zero-order chi connectivity index (χ0) is 24.9. The molecule has 2 fully saturated rings. The van der Waals surface area contributed by atoms with Gasteiger partial charge in [0.1, 0.15) is 5.84 Å². The first-order chi connectivity index (χ1) is 17.4. The van der Waals surface area contributed by atoms with Crippen LogP contribution in [0.4, 0.5) is 17.1 Å². The van der Waals surface area contributed by atoms with E-state index in [0.717, 1.165) is 50.3 Å². The minimum absolute atomic E-state index is 0.217. The van der Waals surface area contributed by atoms with Crippen molar-refractivity contribution in [3.05, 3.63) is 82.9 Å². The Kier molecular flexibility index (Phi) is 6.17. The minimum Gasteiger partial charge on any atom is -0.354 e. The minimum atomic E-state index is -1.35. The maximum atomic E-state index is 12.2. The third-order valence-electron chi connectivity index (χ3n) is 8.21. The Labute approximate surface area is 221 Å². The van der Waals surface area contributed by atoms with Crippen molar-refractivity contribution in [1.29, 1.82) is 0 Å². The highest BCUT2D eigenvalue weighted by atomic mass is 35.5. The number of halogens is 1. The molecule has 4 nitrogen and oxygen atoms in total. The molecule has 3 aromatic carbocycles. The normalized spacial score (nSPS) is 28.8. The lowest BCUT2D eigenvalue weighted by molar-refractivity contribution is 0.0899. The molecule has 186 valence electrons. The van der Waals surface area contributed by atoms with E-state index < -0.39 is 11.0 Å². The van der Waals surface area contributed by atoms with Crippen LogP contribution in [-0.4, -0.2) is 10.0 Å². The molecule has 2 N–H and O–H groups in total. The van der Waals surface area contributed by atoms with E-state index in [1.807, 2.05) is 48.5 Å². The molecular weight excluding hydrogens is 486 g/mol. The Hall–Kier alpha value is -2.63. The molecular formula is C30H32ClN3OS. The van der Waals surface area contributed by atoms with Crippen LogP contribution in [-0.2, 0) is 16.4 Å². The van der Waals surface area contributed by atoms with Gasteiger partial charge in [-0.2, -0.15) is 4.40 Å². The first-order valence-corrected chi connectivity index (χ1v) is 14.4. The summed E-state index contributed by atoms with van der Waals surface area (Å²) in [7, 11) is -1.35. The lowest BCUT2D eigenvalue weighted by atomic mass is 9.57. The molecule has 0 amide bonds. The summed E-state index contributed by atoms with van der Waals surface area (Å²) in [5.74, 6) is 3.22. The predicted molar refractivity (Wildman–Crippen MR) is 151 cm³/mol. The summed E-state index contributed by atoms with van der Waals surface area (Å²) in [6.07, 6.45) is 6.71. The lowest BCUT2D eigenvalue weighted by Crippen LogP contribution is -2.38. The summed E-state index contributed by atoms with van der Waals surface area (Å²) >= 11 is 6.79. The third-order valence-corrected chi connectivity index (χ3v) is 9.61. The average Bonchev–Trinajstić information content (AvgIpc) is 3.16. The van der Waals surface area contributed by atoms with E-state index in [-0.39, 0.29) is 5.41 Å². The highest BCUT2D eigenvalue weighted by Crippen LogP contribution is 2.51. The van der Waals surface area contributed by atoms with Gasteiger partial charge in [0.25, 0.3) is 0 Å². The molecule has 6 rings (SSSR count). The van der Waals surface area contributed by atoms with Crippen LogP contribution in [0.25, 0.3) is 0 Å². The predicted octanol–water partition coefficient (Wildman–Crippen LogP) is 8.08. The van der Waals surface area contributed by atoms with Gasteiger partial charge >= 0.3 is 0 Å². The van der Waals surface area contributed by atoms with E-state index in [4.69, 9.17) is 11.6 Å². The number of fused-ring (bicyclic) bond motifs is 3. The van der Waals surface area contributed by atoms with Crippen molar-refractivity contribution >= 4 is 45.5 Å². The van der Waals surface area contributed by atoms with E-state index >= 15 is 0 Å². The Morgan fingerprint density at radius 3 is 2.28 bits per heavy atom. The summed E-state index contributed by atoms with van der Waals surface area (Å²) in [4.78, 5) is 0.747. The Balaban J connectivity index is 1.14. The molecule has 3 aliphatic rings. The number of amidine groups is 1. The number of hydrogen-bond acceptors (Lipinski definition) is 3. The number of rotatable bonds is 4. The molecule has 3 atom stereocenters. The van der Waals surface area contributed by atoms with Crippen molar-refractivity contribution in [2.45, 2.75) is 56.3 Å². The molecule has 0 spiro atoms. The second-order valence-electron chi connectivity index (χ2n) is 11.2. The maximum Gasteiger partial charge on any atom is 0.175 e. The van der Waals surface area contributed by atoms with Gasteiger partial charge in [-0.1, -0.05) is 43.6 Å². The van der Waals surface area contributed by atoms with Crippen molar-refractivity contribution in [2.75, 3.05) is 10.6 Å². The highest BCUT2D eigenvalue weighted by molar-refractivity contribution is 7.84. The molecule has 2 aliphatic carbocycles.